The average Bonchev–Trinajstić information content (AvgIpc) is 2.47. The van der Waals surface area contributed by atoms with E-state index in [2.05, 4.69) is 0 Å². The maximum Gasteiger partial charge on any atom is 0.214 e. The molecule has 0 bridgehead atoms. The van der Waals surface area contributed by atoms with E-state index in [0.29, 0.717) is 18.9 Å². The van der Waals surface area contributed by atoms with E-state index in [1.54, 1.807) is 11.4 Å². The van der Waals surface area contributed by atoms with Crippen LogP contribution in [0.25, 0.3) is 0 Å². The zero-order chi connectivity index (χ0) is 14.4. The Kier molecular flexibility index (Phi) is 5.61. The van der Waals surface area contributed by atoms with Crippen LogP contribution < -0.4 is 0 Å². The summed E-state index contributed by atoms with van der Waals surface area (Å²) in [5.41, 5.74) is 1.09. The van der Waals surface area contributed by atoms with Crippen LogP contribution in [0, 0.1) is 5.92 Å². The molecular weight excluding hydrogens is 270 g/mol. The Morgan fingerprint density at radius 2 is 1.75 bits per heavy atom. The van der Waals surface area contributed by atoms with E-state index < -0.39 is 10.0 Å². The summed E-state index contributed by atoms with van der Waals surface area (Å²) < 4.78 is 26.2. The summed E-state index contributed by atoms with van der Waals surface area (Å²) in [6.07, 6.45) is 6.77. The lowest BCUT2D eigenvalue weighted by Crippen LogP contribution is -2.34. The minimum Gasteiger partial charge on any atom is -0.212 e. The molecule has 0 aliphatic heterocycles. The number of benzene rings is 1. The molecule has 0 unspecified atom stereocenters. The van der Waals surface area contributed by atoms with Gasteiger partial charge in [-0.1, -0.05) is 49.6 Å². The van der Waals surface area contributed by atoms with Gasteiger partial charge in [0, 0.05) is 13.6 Å². The van der Waals surface area contributed by atoms with Crippen molar-refractivity contribution in [2.75, 3.05) is 19.3 Å². The lowest BCUT2D eigenvalue weighted by molar-refractivity contribution is 0.300. The highest BCUT2D eigenvalue weighted by Gasteiger charge is 2.22. The zero-order valence-corrected chi connectivity index (χ0v) is 13.1. The molecule has 0 amide bonds. The molecular formula is C16H25NO2S. The summed E-state index contributed by atoms with van der Waals surface area (Å²) >= 11 is 0. The van der Waals surface area contributed by atoms with Crippen LogP contribution in [0.5, 0.6) is 0 Å². The molecule has 4 heteroatoms. The summed E-state index contributed by atoms with van der Waals surface area (Å²) in [4.78, 5) is 0. The molecule has 0 atom stereocenters. The second-order valence-corrected chi connectivity index (χ2v) is 8.03. The Hall–Kier alpha value is -0.870. The minimum absolute atomic E-state index is 0.209. The highest BCUT2D eigenvalue weighted by atomic mass is 32.2. The third kappa shape index (κ3) is 4.60. The quantitative estimate of drug-likeness (QED) is 0.809. The molecule has 1 aromatic rings. The normalized spacial score (nSPS) is 17.5. The highest BCUT2D eigenvalue weighted by Crippen LogP contribution is 2.24. The molecule has 0 N–H and O–H groups in total. The van der Waals surface area contributed by atoms with Crippen LogP contribution >= 0.6 is 0 Å². The molecule has 1 aromatic carbocycles. The van der Waals surface area contributed by atoms with Crippen molar-refractivity contribution < 1.29 is 8.42 Å². The molecule has 20 heavy (non-hydrogen) atoms. The van der Waals surface area contributed by atoms with E-state index >= 15 is 0 Å². The van der Waals surface area contributed by atoms with E-state index in [1.807, 2.05) is 30.3 Å². The number of hydrogen-bond acceptors (Lipinski definition) is 2. The maximum atomic E-state index is 12.3. The number of sulfonamides is 1. The van der Waals surface area contributed by atoms with Gasteiger partial charge in [0.25, 0.3) is 0 Å². The van der Waals surface area contributed by atoms with Gasteiger partial charge in [0.05, 0.1) is 5.75 Å². The molecule has 1 aliphatic rings. The number of hydrogen-bond donors (Lipinski definition) is 0. The van der Waals surface area contributed by atoms with Crippen LogP contribution in [0.2, 0.25) is 0 Å². The lowest BCUT2D eigenvalue weighted by Gasteiger charge is -2.26. The number of aryl methyl sites for hydroxylation is 1. The molecule has 0 spiro atoms. The minimum atomic E-state index is -3.12. The third-order valence-electron chi connectivity index (χ3n) is 4.21. The third-order valence-corrected chi connectivity index (χ3v) is 6.03. The average molecular weight is 295 g/mol. The van der Waals surface area contributed by atoms with Crippen LogP contribution in [0.1, 0.15) is 37.7 Å². The topological polar surface area (TPSA) is 37.4 Å². The molecule has 112 valence electrons. The fourth-order valence-corrected chi connectivity index (χ4v) is 4.14. The first-order valence-electron chi connectivity index (χ1n) is 7.56. The van der Waals surface area contributed by atoms with Gasteiger partial charge < -0.3 is 0 Å². The summed E-state index contributed by atoms with van der Waals surface area (Å²) in [5, 5.41) is 0. The van der Waals surface area contributed by atoms with Crippen molar-refractivity contribution >= 4 is 10.0 Å². The summed E-state index contributed by atoms with van der Waals surface area (Å²) in [5.74, 6) is 0.764. The zero-order valence-electron chi connectivity index (χ0n) is 12.3. The van der Waals surface area contributed by atoms with Crippen molar-refractivity contribution in [2.24, 2.45) is 5.92 Å². The van der Waals surface area contributed by atoms with Crippen molar-refractivity contribution in [3.8, 4) is 0 Å². The Balaban J connectivity index is 1.85. The van der Waals surface area contributed by atoms with Crippen molar-refractivity contribution in [1.82, 2.24) is 4.31 Å². The Labute approximate surface area is 123 Å². The first-order chi connectivity index (χ1) is 9.58. The van der Waals surface area contributed by atoms with Crippen molar-refractivity contribution in [3.63, 3.8) is 0 Å². The number of rotatable bonds is 6. The molecule has 0 aromatic heterocycles. The molecule has 1 saturated carbocycles. The van der Waals surface area contributed by atoms with Crippen molar-refractivity contribution in [1.29, 1.82) is 0 Å². The van der Waals surface area contributed by atoms with Gasteiger partial charge in [0.1, 0.15) is 0 Å². The van der Waals surface area contributed by atoms with Gasteiger partial charge in [-0.15, -0.1) is 0 Å². The monoisotopic (exact) mass is 295 g/mol. The van der Waals surface area contributed by atoms with E-state index in [-0.39, 0.29) is 5.75 Å². The van der Waals surface area contributed by atoms with Gasteiger partial charge in [-0.2, -0.15) is 0 Å². The van der Waals surface area contributed by atoms with Crippen LogP contribution in [-0.4, -0.2) is 32.1 Å². The molecule has 0 radical (unpaired) electrons. The van der Waals surface area contributed by atoms with Gasteiger partial charge in [-0.05, 0) is 30.7 Å². The molecule has 1 aliphatic carbocycles. The van der Waals surface area contributed by atoms with Crippen molar-refractivity contribution in [2.45, 2.75) is 38.5 Å². The van der Waals surface area contributed by atoms with Gasteiger partial charge in [0.2, 0.25) is 10.0 Å². The predicted octanol–water partition coefficient (Wildman–Crippen LogP) is 3.07. The van der Waals surface area contributed by atoms with Crippen LogP contribution in [0.4, 0.5) is 0 Å². The summed E-state index contributed by atoms with van der Waals surface area (Å²) in [6, 6.07) is 9.82. The lowest BCUT2D eigenvalue weighted by atomic mass is 9.89. The van der Waals surface area contributed by atoms with Gasteiger partial charge in [-0.25, -0.2) is 12.7 Å². The van der Waals surface area contributed by atoms with Crippen molar-refractivity contribution in [3.05, 3.63) is 35.9 Å². The van der Waals surface area contributed by atoms with Crippen LogP contribution in [0.3, 0.4) is 0 Å². The summed E-state index contributed by atoms with van der Waals surface area (Å²) in [7, 11) is -1.39. The van der Waals surface area contributed by atoms with E-state index in [1.165, 1.54) is 32.1 Å². The van der Waals surface area contributed by atoms with E-state index in [4.69, 9.17) is 0 Å². The predicted molar refractivity (Wildman–Crippen MR) is 83.1 cm³/mol. The standard InChI is InChI=1S/C16H25NO2S/c1-17(14-16-10-6-3-7-11-16)20(18,19)13-12-15-8-4-2-5-9-15/h2,4-5,8-9,16H,3,6-7,10-14H2,1H3. The Morgan fingerprint density at radius 1 is 1.10 bits per heavy atom. The number of nitrogens with zero attached hydrogens (tertiary/aromatic N) is 1. The first kappa shape index (κ1) is 15.5. The second kappa shape index (κ2) is 7.23. The van der Waals surface area contributed by atoms with Gasteiger partial charge >= 0.3 is 0 Å². The van der Waals surface area contributed by atoms with E-state index in [0.717, 1.165) is 5.56 Å². The molecule has 3 nitrogen and oxygen atoms in total. The van der Waals surface area contributed by atoms with Gasteiger partial charge in [-0.3, -0.25) is 0 Å². The Morgan fingerprint density at radius 3 is 2.40 bits per heavy atom. The van der Waals surface area contributed by atoms with Crippen LogP contribution in [0.15, 0.2) is 30.3 Å². The highest BCUT2D eigenvalue weighted by molar-refractivity contribution is 7.89. The van der Waals surface area contributed by atoms with Crippen LogP contribution in [-0.2, 0) is 16.4 Å². The van der Waals surface area contributed by atoms with Gasteiger partial charge in [0.15, 0.2) is 0 Å². The second-order valence-electron chi connectivity index (χ2n) is 5.84. The molecule has 1 fully saturated rings. The first-order valence-corrected chi connectivity index (χ1v) is 9.17. The molecule has 2 rings (SSSR count). The molecule has 0 heterocycles. The fourth-order valence-electron chi connectivity index (χ4n) is 2.89. The smallest absolute Gasteiger partial charge is 0.212 e. The van der Waals surface area contributed by atoms with E-state index in [9.17, 15) is 8.42 Å². The fraction of sp³-hybridized carbons (Fsp3) is 0.625. The maximum absolute atomic E-state index is 12.3. The molecule has 0 saturated heterocycles. The summed E-state index contributed by atoms with van der Waals surface area (Å²) in [6.45, 7) is 0.692. The Bertz CT molecular complexity index is 492. The SMILES string of the molecule is CN(CC1CCCCC1)S(=O)(=O)CCc1ccccc1. The largest absolute Gasteiger partial charge is 0.214 e.